The average molecular weight is 382 g/mol. The molecular weight excluding hydrogens is 364 g/mol. The summed E-state index contributed by atoms with van der Waals surface area (Å²) < 4.78 is 27.3. The molecule has 7 nitrogen and oxygen atoms in total. The van der Waals surface area contributed by atoms with Gasteiger partial charge in [-0.2, -0.15) is 0 Å². The minimum absolute atomic E-state index is 0.184. The Morgan fingerprint density at radius 3 is 2.07 bits per heavy atom. The highest BCUT2D eigenvalue weighted by Gasteiger charge is 2.14. The molecule has 1 amide bonds. The number of aromatic nitrogens is 2. The molecule has 0 spiro atoms. The normalized spacial score (nSPS) is 11.0. The van der Waals surface area contributed by atoms with Crippen LogP contribution in [0, 0.1) is 13.8 Å². The number of amides is 1. The van der Waals surface area contributed by atoms with E-state index in [1.807, 2.05) is 6.92 Å². The molecule has 3 rings (SSSR count). The summed E-state index contributed by atoms with van der Waals surface area (Å²) in [6, 6.07) is 12.9. The molecular formula is C19H18N4O3S. The average Bonchev–Trinajstić information content (AvgIpc) is 2.64. The first-order chi connectivity index (χ1) is 12.8. The van der Waals surface area contributed by atoms with Crippen molar-refractivity contribution in [1.82, 2.24) is 9.97 Å². The summed E-state index contributed by atoms with van der Waals surface area (Å²) in [7, 11) is -3.67. The van der Waals surface area contributed by atoms with E-state index < -0.39 is 15.9 Å². The van der Waals surface area contributed by atoms with Gasteiger partial charge in [-0.3, -0.25) is 14.5 Å². The van der Waals surface area contributed by atoms with Gasteiger partial charge in [0.2, 0.25) is 0 Å². The fourth-order valence-electron chi connectivity index (χ4n) is 2.26. The van der Waals surface area contributed by atoms with E-state index in [4.69, 9.17) is 0 Å². The molecule has 0 aliphatic rings. The van der Waals surface area contributed by atoms with Gasteiger partial charge in [0.25, 0.3) is 15.9 Å². The molecule has 0 saturated carbocycles. The van der Waals surface area contributed by atoms with E-state index in [-0.39, 0.29) is 10.6 Å². The summed E-state index contributed by atoms with van der Waals surface area (Å²) in [6.45, 7) is 3.67. The van der Waals surface area contributed by atoms with E-state index in [1.165, 1.54) is 12.4 Å². The Morgan fingerprint density at radius 2 is 1.48 bits per heavy atom. The van der Waals surface area contributed by atoms with Crippen LogP contribution >= 0.6 is 0 Å². The lowest BCUT2D eigenvalue weighted by Gasteiger charge is -2.10. The number of benzene rings is 2. The van der Waals surface area contributed by atoms with Crippen LogP contribution in [0.15, 0.2) is 65.8 Å². The number of hydrogen-bond acceptors (Lipinski definition) is 5. The SMILES string of the molecule is Cc1ccc(S(=O)(=O)Nc2ccc(NC(=O)c3cnc(C)cn3)cc2)cc1. The number of sulfonamides is 1. The number of nitrogens with one attached hydrogen (secondary N) is 2. The highest BCUT2D eigenvalue weighted by Crippen LogP contribution is 2.19. The molecule has 0 saturated heterocycles. The molecule has 1 aromatic heterocycles. The summed E-state index contributed by atoms with van der Waals surface area (Å²) in [4.78, 5) is 20.4. The fourth-order valence-corrected chi connectivity index (χ4v) is 3.32. The Kier molecular flexibility index (Phi) is 5.18. The zero-order valence-corrected chi connectivity index (χ0v) is 15.6. The Balaban J connectivity index is 1.69. The van der Waals surface area contributed by atoms with E-state index >= 15 is 0 Å². The van der Waals surface area contributed by atoms with E-state index in [2.05, 4.69) is 20.0 Å². The molecule has 27 heavy (non-hydrogen) atoms. The monoisotopic (exact) mass is 382 g/mol. The van der Waals surface area contributed by atoms with Gasteiger partial charge in [0.15, 0.2) is 0 Å². The van der Waals surface area contributed by atoms with Gasteiger partial charge in [0, 0.05) is 17.6 Å². The van der Waals surface area contributed by atoms with E-state index in [9.17, 15) is 13.2 Å². The van der Waals surface area contributed by atoms with Crippen molar-refractivity contribution < 1.29 is 13.2 Å². The van der Waals surface area contributed by atoms with Gasteiger partial charge in [0.05, 0.1) is 16.8 Å². The molecule has 3 aromatic rings. The number of hydrogen-bond donors (Lipinski definition) is 2. The van der Waals surface area contributed by atoms with Gasteiger partial charge >= 0.3 is 0 Å². The first kappa shape index (κ1) is 18.5. The number of aryl methyl sites for hydroxylation is 2. The molecule has 8 heteroatoms. The molecule has 0 atom stereocenters. The minimum atomic E-state index is -3.67. The second-order valence-electron chi connectivity index (χ2n) is 5.99. The van der Waals surface area contributed by atoms with Gasteiger partial charge in [-0.1, -0.05) is 17.7 Å². The molecule has 2 N–H and O–H groups in total. The van der Waals surface area contributed by atoms with Crippen LogP contribution in [-0.4, -0.2) is 24.3 Å². The van der Waals surface area contributed by atoms with Crippen molar-refractivity contribution in [2.24, 2.45) is 0 Å². The van der Waals surface area contributed by atoms with Crippen LogP contribution in [0.1, 0.15) is 21.7 Å². The molecule has 138 valence electrons. The maximum absolute atomic E-state index is 12.4. The largest absolute Gasteiger partial charge is 0.321 e. The second kappa shape index (κ2) is 7.55. The standard InChI is InChI=1S/C19H18N4O3S/c1-13-3-9-17(10-4-13)27(25,26)23-16-7-5-15(6-8-16)22-19(24)18-12-20-14(2)11-21-18/h3-12,23H,1-2H3,(H,22,24). The van der Waals surface area contributed by atoms with Crippen LogP contribution < -0.4 is 10.0 Å². The molecule has 0 bridgehead atoms. The highest BCUT2D eigenvalue weighted by molar-refractivity contribution is 7.92. The summed E-state index contributed by atoms with van der Waals surface area (Å²) in [5.41, 5.74) is 2.80. The van der Waals surface area contributed by atoms with Crippen LogP contribution in [-0.2, 0) is 10.0 Å². The molecule has 0 unspecified atom stereocenters. The summed E-state index contributed by atoms with van der Waals surface area (Å²) >= 11 is 0. The molecule has 0 radical (unpaired) electrons. The van der Waals surface area contributed by atoms with Crippen molar-refractivity contribution in [2.75, 3.05) is 10.0 Å². The summed E-state index contributed by atoms with van der Waals surface area (Å²) in [5.74, 6) is -0.393. The van der Waals surface area contributed by atoms with Crippen LogP contribution in [0.25, 0.3) is 0 Å². The number of anilines is 2. The summed E-state index contributed by atoms with van der Waals surface area (Å²) in [5, 5.41) is 2.69. The topological polar surface area (TPSA) is 101 Å². The number of rotatable bonds is 5. The zero-order valence-electron chi connectivity index (χ0n) is 14.8. The first-order valence-corrected chi connectivity index (χ1v) is 9.61. The van der Waals surface area contributed by atoms with Gasteiger partial charge in [-0.05, 0) is 50.2 Å². The minimum Gasteiger partial charge on any atom is -0.321 e. The highest BCUT2D eigenvalue weighted by atomic mass is 32.2. The predicted octanol–water partition coefficient (Wildman–Crippen LogP) is 3.15. The molecule has 0 fully saturated rings. The fraction of sp³-hybridized carbons (Fsp3) is 0.105. The van der Waals surface area contributed by atoms with Gasteiger partial charge in [0.1, 0.15) is 5.69 Å². The maximum Gasteiger partial charge on any atom is 0.275 e. The van der Waals surface area contributed by atoms with Crippen LogP contribution in [0.3, 0.4) is 0 Å². The lowest BCUT2D eigenvalue weighted by atomic mass is 10.2. The van der Waals surface area contributed by atoms with E-state index in [0.29, 0.717) is 11.4 Å². The van der Waals surface area contributed by atoms with Crippen molar-refractivity contribution in [3.05, 3.63) is 77.9 Å². The Morgan fingerprint density at radius 1 is 0.852 bits per heavy atom. The third-order valence-corrected chi connectivity index (χ3v) is 5.14. The van der Waals surface area contributed by atoms with Crippen LogP contribution in [0.2, 0.25) is 0 Å². The number of carbonyl (C=O) groups is 1. The molecule has 1 heterocycles. The Hall–Kier alpha value is -3.26. The van der Waals surface area contributed by atoms with Gasteiger partial charge in [-0.25, -0.2) is 13.4 Å². The van der Waals surface area contributed by atoms with Crippen LogP contribution in [0.4, 0.5) is 11.4 Å². The first-order valence-electron chi connectivity index (χ1n) is 8.13. The number of carbonyl (C=O) groups excluding carboxylic acids is 1. The van der Waals surface area contributed by atoms with E-state index in [0.717, 1.165) is 11.3 Å². The molecule has 0 aliphatic heterocycles. The third kappa shape index (κ3) is 4.68. The van der Waals surface area contributed by atoms with Crippen molar-refractivity contribution in [2.45, 2.75) is 18.7 Å². The Bertz CT molecular complexity index is 1050. The molecule has 0 aliphatic carbocycles. The van der Waals surface area contributed by atoms with Crippen molar-refractivity contribution >= 4 is 27.3 Å². The van der Waals surface area contributed by atoms with Crippen molar-refractivity contribution in [3.63, 3.8) is 0 Å². The van der Waals surface area contributed by atoms with Crippen LogP contribution in [0.5, 0.6) is 0 Å². The Labute approximate surface area is 157 Å². The van der Waals surface area contributed by atoms with E-state index in [1.54, 1.807) is 55.5 Å². The summed E-state index contributed by atoms with van der Waals surface area (Å²) in [6.07, 6.45) is 2.91. The number of nitrogens with zero attached hydrogens (tertiary/aromatic N) is 2. The predicted molar refractivity (Wildman–Crippen MR) is 103 cm³/mol. The second-order valence-corrected chi connectivity index (χ2v) is 7.68. The molecule has 2 aromatic carbocycles. The zero-order chi connectivity index (χ0) is 19.4. The quantitative estimate of drug-likeness (QED) is 0.706. The smallest absolute Gasteiger partial charge is 0.275 e. The lowest BCUT2D eigenvalue weighted by Crippen LogP contribution is -2.15. The van der Waals surface area contributed by atoms with Crippen molar-refractivity contribution in [1.29, 1.82) is 0 Å². The van der Waals surface area contributed by atoms with Crippen molar-refractivity contribution in [3.8, 4) is 0 Å². The van der Waals surface area contributed by atoms with Gasteiger partial charge in [-0.15, -0.1) is 0 Å². The third-order valence-electron chi connectivity index (χ3n) is 3.74. The lowest BCUT2D eigenvalue weighted by molar-refractivity contribution is 0.102. The maximum atomic E-state index is 12.4. The van der Waals surface area contributed by atoms with Gasteiger partial charge < -0.3 is 5.32 Å².